The smallest absolute Gasteiger partial charge is 0.336 e. The fourth-order valence-corrected chi connectivity index (χ4v) is 9.00. The van der Waals surface area contributed by atoms with Crippen molar-refractivity contribution in [3.63, 3.8) is 0 Å². The first-order valence-electron chi connectivity index (χ1n) is 19.7. The van der Waals surface area contributed by atoms with Crippen molar-refractivity contribution in [1.29, 1.82) is 0 Å². The average molecular weight is 796 g/mol. The Bertz CT molecular complexity index is 2000. The lowest BCUT2D eigenvalue weighted by atomic mass is 9.86. The predicted molar refractivity (Wildman–Crippen MR) is 243 cm³/mol. The zero-order chi connectivity index (χ0) is 40.9. The van der Waals surface area contributed by atoms with Crippen LogP contribution in [0.5, 0.6) is 0 Å². The monoisotopic (exact) mass is 795 g/mol. The number of piperazine rings is 1. The number of anilines is 3. The third-order valence-electron chi connectivity index (χ3n) is 9.77. The molecule has 9 heteroatoms. The Morgan fingerprint density at radius 3 is 2.00 bits per heavy atom. The second kappa shape index (κ2) is 21.3. The van der Waals surface area contributed by atoms with Gasteiger partial charge in [-0.2, -0.15) is 0 Å². The molecule has 300 valence electrons. The molecule has 0 spiro atoms. The van der Waals surface area contributed by atoms with Gasteiger partial charge in [0.2, 0.25) is 0 Å². The van der Waals surface area contributed by atoms with Gasteiger partial charge in [-0.05, 0) is 116 Å². The largest absolute Gasteiger partial charge is 0.478 e. The lowest BCUT2D eigenvalue weighted by Gasteiger charge is -2.38. The molecule has 2 atom stereocenters. The van der Waals surface area contributed by atoms with Gasteiger partial charge in [-0.1, -0.05) is 93.8 Å². The van der Waals surface area contributed by atoms with E-state index in [4.69, 9.17) is 0 Å². The van der Waals surface area contributed by atoms with Crippen LogP contribution in [0.2, 0.25) is 0 Å². The molecule has 0 aliphatic carbocycles. The molecule has 4 aromatic carbocycles. The van der Waals surface area contributed by atoms with Gasteiger partial charge in [-0.25, -0.2) is 4.79 Å². The third kappa shape index (κ3) is 12.1. The van der Waals surface area contributed by atoms with Crippen molar-refractivity contribution in [2.75, 3.05) is 60.1 Å². The molecule has 0 bridgehead atoms. The highest BCUT2D eigenvalue weighted by Gasteiger charge is 2.24. The Morgan fingerprint density at radius 1 is 0.839 bits per heavy atom. The van der Waals surface area contributed by atoms with Crippen LogP contribution in [0, 0.1) is 19.8 Å². The van der Waals surface area contributed by atoms with E-state index in [9.17, 15) is 19.2 Å². The summed E-state index contributed by atoms with van der Waals surface area (Å²) in [6.45, 7) is 20.6. The number of carbonyl (C=O) groups is 1. The summed E-state index contributed by atoms with van der Waals surface area (Å²) in [4.78, 5) is 18.5. The van der Waals surface area contributed by atoms with Crippen LogP contribution in [0.4, 0.5) is 17.1 Å². The summed E-state index contributed by atoms with van der Waals surface area (Å²) in [6.07, 6.45) is 3.32. The first kappa shape index (κ1) is 44.5. The molecule has 0 saturated carbocycles. The van der Waals surface area contributed by atoms with Gasteiger partial charge in [0, 0.05) is 69.7 Å². The first-order chi connectivity index (χ1) is 26.7. The van der Waals surface area contributed by atoms with Gasteiger partial charge >= 0.3 is 5.97 Å². The van der Waals surface area contributed by atoms with Crippen LogP contribution >= 0.6 is 8.73 Å². The van der Waals surface area contributed by atoms with E-state index < -0.39 is 16.8 Å². The number of benzene rings is 4. The van der Waals surface area contributed by atoms with Crippen LogP contribution in [0.25, 0.3) is 11.1 Å². The van der Waals surface area contributed by atoms with Crippen molar-refractivity contribution >= 4 is 59.0 Å². The van der Waals surface area contributed by atoms with Crippen molar-refractivity contribution in [3.05, 3.63) is 124 Å². The Hall–Kier alpha value is -4.23. The molecule has 1 heterocycles. The number of aliphatic hydroxyl groups is 1. The lowest BCUT2D eigenvalue weighted by molar-refractivity contribution is -0.132. The quantitative estimate of drug-likeness (QED) is 0.0569. The molecule has 1 fully saturated rings. The highest BCUT2D eigenvalue weighted by Crippen LogP contribution is 2.37. The molecule has 2 N–H and O–H groups in total. The summed E-state index contributed by atoms with van der Waals surface area (Å²) in [7, 11) is -0.743. The van der Waals surface area contributed by atoms with Gasteiger partial charge in [-0.15, -0.1) is 0 Å². The molecule has 0 radical (unpaired) electrons. The normalized spacial score (nSPS) is 14.6. The zero-order valence-electron chi connectivity index (χ0n) is 34.9. The van der Waals surface area contributed by atoms with E-state index in [0.29, 0.717) is 20.8 Å². The van der Waals surface area contributed by atoms with E-state index in [2.05, 4.69) is 116 Å². The Balaban J connectivity index is 0.00000166. The number of aliphatic carboxylic acids is 1. The maximum Gasteiger partial charge on any atom is 0.336 e. The van der Waals surface area contributed by atoms with Crippen LogP contribution in [-0.2, 0) is 15.6 Å². The molecule has 5 rings (SSSR count). The molecule has 0 amide bonds. The van der Waals surface area contributed by atoms with E-state index in [1.54, 1.807) is 6.26 Å². The Morgan fingerprint density at radius 2 is 1.45 bits per heavy atom. The Labute approximate surface area is 340 Å². The van der Waals surface area contributed by atoms with E-state index >= 15 is 0 Å². The SMILES string of the molecule is CC(C)C.CCC/C(C)=C(C(=O)O)\C(=C(/C)c1ccc(C)cc1)c1cccc(N2CCN(c3ccc(N(CCO)Pc4ccc(C)c(S(C)=O)c4)cc3)CC2)c1. The molecule has 1 saturated heterocycles. The van der Waals surface area contributed by atoms with Crippen molar-refractivity contribution in [3.8, 4) is 0 Å². The second-order valence-corrected chi connectivity index (χ2v) is 18.0. The van der Waals surface area contributed by atoms with Gasteiger partial charge in [0.25, 0.3) is 0 Å². The average Bonchev–Trinajstić information content (AvgIpc) is 3.17. The number of hydrogen-bond donors (Lipinski definition) is 2. The lowest BCUT2D eigenvalue weighted by Crippen LogP contribution is -2.46. The number of rotatable bonds is 14. The predicted octanol–water partition coefficient (Wildman–Crippen LogP) is 9.88. The maximum absolute atomic E-state index is 12.9. The molecular weight excluding hydrogens is 734 g/mol. The minimum absolute atomic E-state index is 0.0470. The van der Waals surface area contributed by atoms with Crippen LogP contribution in [-0.4, -0.2) is 66.0 Å². The number of aryl methyl sites for hydroxylation is 2. The molecule has 4 aromatic rings. The van der Waals surface area contributed by atoms with Crippen LogP contribution in [0.1, 0.15) is 76.6 Å². The number of carboxylic acid groups (broad SMARTS) is 1. The summed E-state index contributed by atoms with van der Waals surface area (Å²) in [5.74, 6) is -0.0594. The van der Waals surface area contributed by atoms with E-state index in [-0.39, 0.29) is 6.61 Å². The molecule has 0 aromatic heterocycles. The van der Waals surface area contributed by atoms with Gasteiger partial charge in [-0.3, -0.25) is 4.21 Å². The summed E-state index contributed by atoms with van der Waals surface area (Å²) < 4.78 is 14.4. The van der Waals surface area contributed by atoms with Crippen LogP contribution in [0.3, 0.4) is 0 Å². The van der Waals surface area contributed by atoms with Crippen LogP contribution < -0.4 is 19.8 Å². The Kier molecular flexibility index (Phi) is 17.0. The summed E-state index contributed by atoms with van der Waals surface area (Å²) in [5, 5.41) is 21.5. The second-order valence-electron chi connectivity index (χ2n) is 15.3. The van der Waals surface area contributed by atoms with Gasteiger partial charge < -0.3 is 24.7 Å². The van der Waals surface area contributed by atoms with E-state index in [1.807, 2.05) is 45.0 Å². The number of nitrogens with zero attached hydrogens (tertiary/aromatic N) is 3. The van der Waals surface area contributed by atoms with Crippen molar-refractivity contribution in [2.45, 2.75) is 73.1 Å². The first-order valence-corrected chi connectivity index (χ1v) is 22.2. The number of aliphatic hydroxyl groups excluding tert-OH is 1. The molecule has 1 aliphatic heterocycles. The van der Waals surface area contributed by atoms with Gasteiger partial charge in [0.05, 0.1) is 23.0 Å². The summed E-state index contributed by atoms with van der Waals surface area (Å²) in [5.41, 5.74) is 10.4. The molecule has 2 unspecified atom stereocenters. The topological polar surface area (TPSA) is 84.3 Å². The summed E-state index contributed by atoms with van der Waals surface area (Å²) in [6, 6.07) is 31.4. The minimum Gasteiger partial charge on any atom is -0.478 e. The summed E-state index contributed by atoms with van der Waals surface area (Å²) >= 11 is 0. The van der Waals surface area contributed by atoms with Crippen molar-refractivity contribution in [1.82, 2.24) is 0 Å². The highest BCUT2D eigenvalue weighted by atomic mass is 32.2. The zero-order valence-corrected chi connectivity index (χ0v) is 36.7. The fraction of sp³-hybridized carbons (Fsp3) is 0.383. The van der Waals surface area contributed by atoms with Crippen molar-refractivity contribution < 1.29 is 19.2 Å². The standard InChI is InChI=1S/C43H52N3O4PS.C4H10/c1-7-9-32(4)41(43(48)49)42(33(5)34-15-12-30(2)13-16-34)35-10-8-11-38(28-35)45-24-22-44(23-25-45)36-17-19-37(20-18-36)46(26-27-47)51-39-21-14-31(3)40(29-39)52(6)50;1-4(2)3/h8,10-21,28-29,47,51H,7,9,22-27H2,1-6H3,(H,48,49);4H,1-3H3/b41-32+,42-33+;. The molecule has 1 aliphatic rings. The number of carboxylic acids is 1. The fourth-order valence-electron chi connectivity index (χ4n) is 6.91. The van der Waals surface area contributed by atoms with Gasteiger partial charge in [0.1, 0.15) is 0 Å². The number of allylic oxidation sites excluding steroid dienone is 2. The van der Waals surface area contributed by atoms with E-state index in [0.717, 1.165) is 106 Å². The third-order valence-corrected chi connectivity index (χ3v) is 12.1. The van der Waals surface area contributed by atoms with Gasteiger partial charge in [0.15, 0.2) is 0 Å². The molecular formula is C47H62N3O4PS. The van der Waals surface area contributed by atoms with Crippen LogP contribution in [0.15, 0.2) is 107 Å². The molecule has 56 heavy (non-hydrogen) atoms. The highest BCUT2D eigenvalue weighted by molar-refractivity contribution is 7.84. The minimum atomic E-state index is -1.05. The molecule has 7 nitrogen and oxygen atoms in total. The van der Waals surface area contributed by atoms with E-state index in [1.165, 1.54) is 5.56 Å². The number of hydrogen-bond acceptors (Lipinski definition) is 6. The maximum atomic E-state index is 12.9. The van der Waals surface area contributed by atoms with Crippen molar-refractivity contribution in [2.24, 2.45) is 5.92 Å².